The minimum atomic E-state index is -0.158. The van der Waals surface area contributed by atoms with Crippen molar-refractivity contribution in [3.63, 3.8) is 0 Å². The van der Waals surface area contributed by atoms with Crippen LogP contribution < -0.4 is 10.2 Å². The Balaban J connectivity index is 1.27. The van der Waals surface area contributed by atoms with E-state index < -0.39 is 0 Å². The Morgan fingerprint density at radius 2 is 2.00 bits per heavy atom. The van der Waals surface area contributed by atoms with Crippen LogP contribution in [0.25, 0.3) is 11.4 Å². The summed E-state index contributed by atoms with van der Waals surface area (Å²) in [7, 11) is 0. The van der Waals surface area contributed by atoms with E-state index in [0.717, 1.165) is 17.7 Å². The molecular formula is C22H22N4O3. The van der Waals surface area contributed by atoms with Gasteiger partial charge in [0.15, 0.2) is 0 Å². The Morgan fingerprint density at radius 1 is 1.14 bits per heavy atom. The van der Waals surface area contributed by atoms with Gasteiger partial charge in [-0.1, -0.05) is 41.6 Å². The van der Waals surface area contributed by atoms with E-state index >= 15 is 0 Å². The molecule has 4 rings (SSSR count). The number of nitrogens with one attached hydrogen (secondary N) is 1. The standard InChI is InChI=1S/C22H22N4O3/c27-20-12-6-14-26(20)18-10-4-9-17(15-18)22(28)23-13-5-11-19-24-21(25-29-19)16-7-2-1-3-8-16/h1-4,7-10,15H,5-6,11-14H2,(H,23,28). The third-order valence-corrected chi connectivity index (χ3v) is 4.85. The lowest BCUT2D eigenvalue weighted by Crippen LogP contribution is -2.26. The monoisotopic (exact) mass is 390 g/mol. The number of rotatable bonds is 7. The smallest absolute Gasteiger partial charge is 0.251 e. The molecule has 1 aliphatic heterocycles. The molecule has 1 saturated heterocycles. The molecule has 1 aromatic heterocycles. The molecule has 2 heterocycles. The van der Waals surface area contributed by atoms with E-state index in [1.54, 1.807) is 23.1 Å². The van der Waals surface area contributed by atoms with Crippen LogP contribution in [0.1, 0.15) is 35.5 Å². The number of hydrogen-bond acceptors (Lipinski definition) is 5. The zero-order chi connectivity index (χ0) is 20.1. The molecule has 1 N–H and O–H groups in total. The highest BCUT2D eigenvalue weighted by atomic mass is 16.5. The molecule has 1 fully saturated rings. The first kappa shape index (κ1) is 18.9. The Morgan fingerprint density at radius 3 is 2.79 bits per heavy atom. The van der Waals surface area contributed by atoms with Crippen molar-refractivity contribution in [2.24, 2.45) is 0 Å². The number of aromatic nitrogens is 2. The minimum absolute atomic E-state index is 0.108. The van der Waals surface area contributed by atoms with Gasteiger partial charge < -0.3 is 14.7 Å². The van der Waals surface area contributed by atoms with Crippen LogP contribution in [0.15, 0.2) is 59.1 Å². The molecule has 0 saturated carbocycles. The largest absolute Gasteiger partial charge is 0.352 e. The summed E-state index contributed by atoms with van der Waals surface area (Å²) in [6.45, 7) is 1.20. The van der Waals surface area contributed by atoms with Crippen molar-refractivity contribution in [1.82, 2.24) is 15.5 Å². The predicted molar refractivity (Wildman–Crippen MR) is 108 cm³/mol. The summed E-state index contributed by atoms with van der Waals surface area (Å²) in [5, 5.41) is 6.90. The fourth-order valence-electron chi connectivity index (χ4n) is 3.34. The Labute approximate surface area is 168 Å². The highest BCUT2D eigenvalue weighted by Gasteiger charge is 2.22. The third kappa shape index (κ3) is 4.51. The number of hydrogen-bond donors (Lipinski definition) is 1. The maximum atomic E-state index is 12.4. The van der Waals surface area contributed by atoms with Crippen molar-refractivity contribution in [2.75, 3.05) is 18.0 Å². The molecule has 2 amide bonds. The summed E-state index contributed by atoms with van der Waals surface area (Å²) in [4.78, 5) is 30.5. The van der Waals surface area contributed by atoms with Crippen LogP contribution in [-0.2, 0) is 11.2 Å². The number of amides is 2. The van der Waals surface area contributed by atoms with E-state index in [2.05, 4.69) is 15.5 Å². The van der Waals surface area contributed by atoms with Gasteiger partial charge in [-0.25, -0.2) is 0 Å². The van der Waals surface area contributed by atoms with Gasteiger partial charge in [0.05, 0.1) is 0 Å². The molecule has 7 heteroatoms. The second-order valence-electron chi connectivity index (χ2n) is 6.94. The molecule has 0 unspecified atom stereocenters. The molecule has 7 nitrogen and oxygen atoms in total. The van der Waals surface area contributed by atoms with Gasteiger partial charge in [0, 0.05) is 42.7 Å². The van der Waals surface area contributed by atoms with Gasteiger partial charge in [-0.15, -0.1) is 0 Å². The van der Waals surface area contributed by atoms with Gasteiger partial charge in [0.2, 0.25) is 17.6 Å². The normalized spacial score (nSPS) is 13.7. The zero-order valence-electron chi connectivity index (χ0n) is 16.0. The minimum Gasteiger partial charge on any atom is -0.352 e. The first-order valence-corrected chi connectivity index (χ1v) is 9.77. The average Bonchev–Trinajstić information content (AvgIpc) is 3.41. The van der Waals surface area contributed by atoms with E-state index in [1.165, 1.54) is 0 Å². The number of carbonyl (C=O) groups is 2. The van der Waals surface area contributed by atoms with E-state index in [4.69, 9.17) is 4.52 Å². The highest BCUT2D eigenvalue weighted by Crippen LogP contribution is 2.22. The van der Waals surface area contributed by atoms with Crippen molar-refractivity contribution < 1.29 is 14.1 Å². The number of benzene rings is 2. The summed E-state index contributed by atoms with van der Waals surface area (Å²) in [5.41, 5.74) is 2.23. The molecule has 1 aliphatic rings. The number of anilines is 1. The molecule has 148 valence electrons. The van der Waals surface area contributed by atoms with Crippen LogP contribution in [0, 0.1) is 0 Å². The zero-order valence-corrected chi connectivity index (χ0v) is 16.0. The van der Waals surface area contributed by atoms with E-state index in [1.807, 2.05) is 36.4 Å². The fraction of sp³-hybridized carbons (Fsp3) is 0.273. The summed E-state index contributed by atoms with van der Waals surface area (Å²) in [6, 6.07) is 16.8. The van der Waals surface area contributed by atoms with Crippen LogP contribution in [0.2, 0.25) is 0 Å². The lowest BCUT2D eigenvalue weighted by Gasteiger charge is -2.16. The number of nitrogens with zero attached hydrogens (tertiary/aromatic N) is 3. The predicted octanol–water partition coefficient (Wildman–Crippen LogP) is 3.23. The molecule has 3 aromatic rings. The molecular weight excluding hydrogens is 368 g/mol. The first-order chi connectivity index (χ1) is 14.2. The van der Waals surface area contributed by atoms with Crippen LogP contribution in [0.3, 0.4) is 0 Å². The molecule has 0 spiro atoms. The summed E-state index contributed by atoms with van der Waals surface area (Å²) in [5.74, 6) is 1.07. The van der Waals surface area contributed by atoms with Crippen molar-refractivity contribution in [1.29, 1.82) is 0 Å². The van der Waals surface area contributed by atoms with Crippen molar-refractivity contribution >= 4 is 17.5 Å². The van der Waals surface area contributed by atoms with Gasteiger partial charge in [-0.05, 0) is 31.0 Å². The maximum absolute atomic E-state index is 12.4. The van der Waals surface area contributed by atoms with Crippen LogP contribution in [-0.4, -0.2) is 35.0 Å². The molecule has 0 radical (unpaired) electrons. The van der Waals surface area contributed by atoms with Gasteiger partial charge in [0.25, 0.3) is 5.91 Å². The van der Waals surface area contributed by atoms with Crippen LogP contribution >= 0.6 is 0 Å². The first-order valence-electron chi connectivity index (χ1n) is 9.77. The molecule has 0 atom stereocenters. The van der Waals surface area contributed by atoms with Crippen molar-refractivity contribution in [2.45, 2.75) is 25.7 Å². The summed E-state index contributed by atoms with van der Waals surface area (Å²) in [6.07, 6.45) is 2.70. The van der Waals surface area contributed by atoms with Gasteiger partial charge in [-0.2, -0.15) is 4.98 Å². The molecule has 2 aromatic carbocycles. The lowest BCUT2D eigenvalue weighted by atomic mass is 10.1. The van der Waals surface area contributed by atoms with Crippen molar-refractivity contribution in [3.05, 3.63) is 66.1 Å². The SMILES string of the molecule is O=C(NCCCc1nc(-c2ccccc2)no1)c1cccc(N2CCCC2=O)c1. The summed E-state index contributed by atoms with van der Waals surface area (Å²) < 4.78 is 5.28. The highest BCUT2D eigenvalue weighted by molar-refractivity contribution is 5.99. The Kier molecular flexibility index (Phi) is 5.65. The third-order valence-electron chi connectivity index (χ3n) is 4.85. The van der Waals surface area contributed by atoms with Gasteiger partial charge in [-0.3, -0.25) is 9.59 Å². The average molecular weight is 390 g/mol. The molecule has 29 heavy (non-hydrogen) atoms. The molecule has 0 bridgehead atoms. The Hall–Kier alpha value is -3.48. The quantitative estimate of drug-likeness (QED) is 0.626. The van der Waals surface area contributed by atoms with E-state index in [0.29, 0.717) is 49.6 Å². The van der Waals surface area contributed by atoms with Gasteiger partial charge >= 0.3 is 0 Å². The lowest BCUT2D eigenvalue weighted by molar-refractivity contribution is -0.117. The van der Waals surface area contributed by atoms with Gasteiger partial charge in [0.1, 0.15) is 0 Å². The topological polar surface area (TPSA) is 88.3 Å². The van der Waals surface area contributed by atoms with Crippen LogP contribution in [0.5, 0.6) is 0 Å². The second-order valence-corrected chi connectivity index (χ2v) is 6.94. The summed E-state index contributed by atoms with van der Waals surface area (Å²) >= 11 is 0. The maximum Gasteiger partial charge on any atom is 0.251 e. The van der Waals surface area contributed by atoms with E-state index in [9.17, 15) is 9.59 Å². The number of carbonyl (C=O) groups excluding carboxylic acids is 2. The molecule has 0 aliphatic carbocycles. The van der Waals surface area contributed by atoms with Crippen LogP contribution in [0.4, 0.5) is 5.69 Å². The van der Waals surface area contributed by atoms with Crippen molar-refractivity contribution in [3.8, 4) is 11.4 Å². The fourth-order valence-corrected chi connectivity index (χ4v) is 3.34. The number of aryl methyl sites for hydroxylation is 1. The van der Waals surface area contributed by atoms with E-state index in [-0.39, 0.29) is 11.8 Å². The second kappa shape index (κ2) is 8.68. The Bertz CT molecular complexity index is 1000.